The summed E-state index contributed by atoms with van der Waals surface area (Å²) in [6.07, 6.45) is 0. The van der Waals surface area contributed by atoms with Crippen LogP contribution in [0.25, 0.3) is 0 Å². The normalized spacial score (nSPS) is 16.3. The van der Waals surface area contributed by atoms with Crippen LogP contribution in [0.15, 0.2) is 53.0 Å². The van der Waals surface area contributed by atoms with Crippen molar-refractivity contribution < 1.29 is 14.1 Å². The Kier molecular flexibility index (Phi) is 6.27. The third-order valence-corrected chi connectivity index (χ3v) is 5.54. The second kappa shape index (κ2) is 8.64. The second-order valence-electron chi connectivity index (χ2n) is 6.70. The summed E-state index contributed by atoms with van der Waals surface area (Å²) in [4.78, 5) is 15.9. The molecule has 0 aromatic heterocycles. The van der Waals surface area contributed by atoms with Gasteiger partial charge in [-0.2, -0.15) is 0 Å². The highest BCUT2D eigenvalue weighted by molar-refractivity contribution is 9.10. The van der Waals surface area contributed by atoms with Gasteiger partial charge in [-0.3, -0.25) is 4.79 Å². The summed E-state index contributed by atoms with van der Waals surface area (Å²) in [5.41, 5.74) is 2.12. The van der Waals surface area contributed by atoms with E-state index in [0.717, 1.165) is 41.9 Å². The first-order chi connectivity index (χ1) is 12.5. The number of halogens is 2. The molecule has 1 amide bonds. The molecule has 1 aliphatic rings. The van der Waals surface area contributed by atoms with Crippen LogP contribution in [-0.2, 0) is 4.79 Å². The Morgan fingerprint density at radius 3 is 2.50 bits per heavy atom. The molecule has 138 valence electrons. The Hall–Kier alpha value is -1.92. The molecule has 2 N–H and O–H groups in total. The lowest BCUT2D eigenvalue weighted by Crippen LogP contribution is -3.15. The van der Waals surface area contributed by atoms with Gasteiger partial charge in [0.2, 0.25) is 0 Å². The molecule has 26 heavy (non-hydrogen) atoms. The average molecular weight is 421 g/mol. The second-order valence-corrected chi connectivity index (χ2v) is 7.56. The first kappa shape index (κ1) is 18.9. The molecule has 1 atom stereocenters. The van der Waals surface area contributed by atoms with Crippen molar-refractivity contribution in [1.82, 2.24) is 5.32 Å². The number of hydrogen-bond donors (Lipinski definition) is 2. The van der Waals surface area contributed by atoms with Crippen LogP contribution in [0.3, 0.4) is 0 Å². The maximum absolute atomic E-state index is 13.0. The summed E-state index contributed by atoms with van der Waals surface area (Å²) < 4.78 is 14.0. The molecule has 2 aromatic rings. The van der Waals surface area contributed by atoms with Gasteiger partial charge in [-0.05, 0) is 42.8 Å². The van der Waals surface area contributed by atoms with Crippen LogP contribution >= 0.6 is 15.9 Å². The third-order valence-electron chi connectivity index (χ3n) is 4.82. The van der Waals surface area contributed by atoms with Gasteiger partial charge >= 0.3 is 0 Å². The highest BCUT2D eigenvalue weighted by Gasteiger charge is 2.23. The SMILES string of the molecule is C[C@@H](NC(=O)C[NH+]1CCN(c2ccc(F)cc2)CC1)c1ccccc1Br. The zero-order chi connectivity index (χ0) is 18.5. The predicted molar refractivity (Wildman–Crippen MR) is 105 cm³/mol. The lowest BCUT2D eigenvalue weighted by atomic mass is 10.1. The molecule has 0 aliphatic carbocycles. The summed E-state index contributed by atoms with van der Waals surface area (Å²) in [7, 11) is 0. The fraction of sp³-hybridized carbons (Fsp3) is 0.350. The largest absolute Gasteiger partial charge is 0.360 e. The minimum Gasteiger partial charge on any atom is -0.360 e. The number of benzene rings is 2. The molecule has 2 aromatic carbocycles. The Balaban J connectivity index is 1.47. The highest BCUT2D eigenvalue weighted by Crippen LogP contribution is 2.22. The number of anilines is 1. The van der Waals surface area contributed by atoms with Gasteiger partial charge < -0.3 is 15.1 Å². The molecule has 1 heterocycles. The molecule has 3 rings (SSSR count). The van der Waals surface area contributed by atoms with E-state index in [4.69, 9.17) is 0 Å². The van der Waals surface area contributed by atoms with Crippen LogP contribution in [0.2, 0.25) is 0 Å². The minimum atomic E-state index is -0.214. The zero-order valence-electron chi connectivity index (χ0n) is 14.8. The molecule has 0 spiro atoms. The van der Waals surface area contributed by atoms with Crippen molar-refractivity contribution in [2.24, 2.45) is 0 Å². The maximum atomic E-state index is 13.0. The molecule has 0 unspecified atom stereocenters. The summed E-state index contributed by atoms with van der Waals surface area (Å²) in [6.45, 7) is 6.01. The number of piperazine rings is 1. The van der Waals surface area contributed by atoms with E-state index in [2.05, 4.69) is 26.1 Å². The van der Waals surface area contributed by atoms with E-state index in [1.54, 1.807) is 0 Å². The number of amides is 1. The summed E-state index contributed by atoms with van der Waals surface area (Å²) in [6, 6.07) is 14.5. The van der Waals surface area contributed by atoms with Crippen molar-refractivity contribution in [1.29, 1.82) is 0 Å². The van der Waals surface area contributed by atoms with Gasteiger partial charge in [0.1, 0.15) is 5.82 Å². The van der Waals surface area contributed by atoms with E-state index in [-0.39, 0.29) is 17.8 Å². The van der Waals surface area contributed by atoms with Crippen molar-refractivity contribution in [2.75, 3.05) is 37.6 Å². The van der Waals surface area contributed by atoms with E-state index >= 15 is 0 Å². The first-order valence-electron chi connectivity index (χ1n) is 8.91. The Labute approximate surface area is 162 Å². The topological polar surface area (TPSA) is 36.8 Å². The summed E-state index contributed by atoms with van der Waals surface area (Å²) in [5, 5.41) is 3.09. The number of carbonyl (C=O) groups is 1. The number of hydrogen-bond acceptors (Lipinski definition) is 2. The Bertz CT molecular complexity index is 745. The monoisotopic (exact) mass is 420 g/mol. The molecular formula is C20H24BrFN3O+. The zero-order valence-corrected chi connectivity index (χ0v) is 16.4. The van der Waals surface area contributed by atoms with E-state index in [9.17, 15) is 9.18 Å². The van der Waals surface area contributed by atoms with Crippen LogP contribution in [0.4, 0.5) is 10.1 Å². The van der Waals surface area contributed by atoms with E-state index in [1.807, 2.05) is 43.3 Å². The van der Waals surface area contributed by atoms with E-state index in [1.165, 1.54) is 17.0 Å². The molecule has 0 radical (unpaired) electrons. The van der Waals surface area contributed by atoms with E-state index in [0.29, 0.717) is 6.54 Å². The fourth-order valence-corrected chi connectivity index (χ4v) is 3.96. The van der Waals surface area contributed by atoms with Gasteiger partial charge in [-0.15, -0.1) is 0 Å². The number of rotatable bonds is 5. The van der Waals surface area contributed by atoms with Crippen molar-refractivity contribution in [2.45, 2.75) is 13.0 Å². The number of quaternary nitrogens is 1. The minimum absolute atomic E-state index is 0.0296. The van der Waals surface area contributed by atoms with Crippen LogP contribution in [0.1, 0.15) is 18.5 Å². The van der Waals surface area contributed by atoms with Crippen molar-refractivity contribution in [3.63, 3.8) is 0 Å². The highest BCUT2D eigenvalue weighted by atomic mass is 79.9. The number of nitrogens with zero attached hydrogens (tertiary/aromatic N) is 1. The van der Waals surface area contributed by atoms with E-state index < -0.39 is 0 Å². The molecular weight excluding hydrogens is 397 g/mol. The van der Waals surface area contributed by atoms with Crippen LogP contribution in [0, 0.1) is 5.82 Å². The summed E-state index contributed by atoms with van der Waals surface area (Å²) >= 11 is 3.53. The van der Waals surface area contributed by atoms with Gasteiger partial charge in [0.25, 0.3) is 5.91 Å². The van der Waals surface area contributed by atoms with Crippen molar-refractivity contribution >= 4 is 27.5 Å². The number of nitrogens with one attached hydrogen (secondary N) is 2. The smallest absolute Gasteiger partial charge is 0.275 e. The van der Waals surface area contributed by atoms with Crippen molar-refractivity contribution in [3.8, 4) is 0 Å². The van der Waals surface area contributed by atoms with Crippen molar-refractivity contribution in [3.05, 3.63) is 64.4 Å². The van der Waals surface area contributed by atoms with Crippen LogP contribution < -0.4 is 15.1 Å². The first-order valence-corrected chi connectivity index (χ1v) is 9.70. The Morgan fingerprint density at radius 2 is 1.85 bits per heavy atom. The van der Waals surface area contributed by atoms with Gasteiger partial charge in [0.05, 0.1) is 32.2 Å². The maximum Gasteiger partial charge on any atom is 0.275 e. The summed E-state index contributed by atoms with van der Waals surface area (Å²) in [5.74, 6) is -0.146. The molecule has 1 aliphatic heterocycles. The van der Waals surface area contributed by atoms with Crippen LogP contribution in [0.5, 0.6) is 0 Å². The number of carbonyl (C=O) groups excluding carboxylic acids is 1. The molecule has 6 heteroatoms. The average Bonchev–Trinajstić information content (AvgIpc) is 2.63. The molecule has 1 saturated heterocycles. The lowest BCUT2D eigenvalue weighted by molar-refractivity contribution is -0.892. The van der Waals surface area contributed by atoms with Gasteiger partial charge in [0.15, 0.2) is 6.54 Å². The quantitative estimate of drug-likeness (QED) is 0.777. The van der Waals surface area contributed by atoms with Gasteiger partial charge in [-0.25, -0.2) is 4.39 Å². The fourth-order valence-electron chi connectivity index (χ4n) is 3.33. The molecule has 0 bridgehead atoms. The predicted octanol–water partition coefficient (Wildman–Crippen LogP) is 2.17. The molecule has 0 saturated carbocycles. The lowest BCUT2D eigenvalue weighted by Gasteiger charge is -2.33. The third kappa shape index (κ3) is 4.83. The molecule has 4 nitrogen and oxygen atoms in total. The van der Waals surface area contributed by atoms with Gasteiger partial charge in [0, 0.05) is 10.2 Å². The molecule has 1 fully saturated rings. The van der Waals surface area contributed by atoms with Crippen LogP contribution in [-0.4, -0.2) is 38.6 Å². The van der Waals surface area contributed by atoms with Gasteiger partial charge in [-0.1, -0.05) is 34.1 Å². The standard InChI is InChI=1S/C20H23BrFN3O/c1-15(18-4-2-3-5-19(18)21)23-20(26)14-24-10-12-25(13-11-24)17-8-6-16(22)7-9-17/h2-9,15H,10-14H2,1H3,(H,23,26)/p+1/t15-/m1/s1. The Morgan fingerprint density at radius 1 is 1.19 bits per heavy atom.